The molecule has 0 radical (unpaired) electrons. The highest BCUT2D eigenvalue weighted by molar-refractivity contribution is 7.47. The van der Waals surface area contributed by atoms with Crippen molar-refractivity contribution in [3.8, 4) is 0 Å². The van der Waals surface area contributed by atoms with Crippen molar-refractivity contribution in [2.24, 2.45) is 0 Å². The fourth-order valence-corrected chi connectivity index (χ4v) is 8.32. The van der Waals surface area contributed by atoms with E-state index in [0.29, 0.717) is 6.61 Å². The van der Waals surface area contributed by atoms with E-state index in [1.165, 1.54) is 199 Å². The Kier molecular flexibility index (Phi) is 47.0. The summed E-state index contributed by atoms with van der Waals surface area (Å²) in [7, 11) is -4.52. The van der Waals surface area contributed by atoms with Gasteiger partial charge in [-0.05, 0) is 38.5 Å². The van der Waals surface area contributed by atoms with Crippen LogP contribution in [-0.2, 0) is 27.9 Å². The maximum atomic E-state index is 12.7. The summed E-state index contributed by atoms with van der Waals surface area (Å²) in [5.41, 5.74) is 0. The van der Waals surface area contributed by atoms with Crippen molar-refractivity contribution in [1.82, 2.24) is 0 Å². The average Bonchev–Trinajstić information content (AvgIpc) is 3.24. The van der Waals surface area contributed by atoms with Crippen molar-refractivity contribution < 1.29 is 43.0 Å². The van der Waals surface area contributed by atoms with E-state index < -0.39 is 33.2 Å². The van der Waals surface area contributed by atoms with E-state index in [1.807, 2.05) is 0 Å². The number of hydrogen-bond donors (Lipinski definition) is 3. The Morgan fingerprint density at radius 2 is 0.850 bits per heavy atom. The molecule has 3 unspecified atom stereocenters. The van der Waals surface area contributed by atoms with Crippen molar-refractivity contribution in [3.63, 3.8) is 0 Å². The van der Waals surface area contributed by atoms with Crippen LogP contribution in [0.25, 0.3) is 0 Å². The summed E-state index contributed by atoms with van der Waals surface area (Å²) >= 11 is 0. The van der Waals surface area contributed by atoms with Gasteiger partial charge in [-0.15, -0.1) is 0 Å². The van der Waals surface area contributed by atoms with E-state index >= 15 is 0 Å². The van der Waals surface area contributed by atoms with E-state index in [-0.39, 0.29) is 25.6 Å². The third-order valence-corrected chi connectivity index (χ3v) is 12.4. The molecule has 0 rings (SSSR count). The molecule has 0 amide bonds. The molecule has 60 heavy (non-hydrogen) atoms. The maximum absolute atomic E-state index is 12.7. The number of hydrogen-bond acceptors (Lipinski definition) is 8. The summed E-state index contributed by atoms with van der Waals surface area (Å²) < 4.78 is 33.5. The summed E-state index contributed by atoms with van der Waals surface area (Å²) in [5, 5.41) is 18.4. The first-order valence-corrected chi connectivity index (χ1v) is 27.2. The van der Waals surface area contributed by atoms with Crippen LogP contribution in [-0.4, -0.2) is 66.3 Å². The zero-order valence-corrected chi connectivity index (χ0v) is 40.3. The first-order chi connectivity index (χ1) is 29.3. The lowest BCUT2D eigenvalue weighted by Crippen LogP contribution is -2.29. The van der Waals surface area contributed by atoms with Gasteiger partial charge >= 0.3 is 13.8 Å². The monoisotopic (exact) mass is 875 g/mol. The highest BCUT2D eigenvalue weighted by Crippen LogP contribution is 2.43. The van der Waals surface area contributed by atoms with Crippen molar-refractivity contribution >= 4 is 13.8 Å². The second-order valence-corrected chi connectivity index (χ2v) is 19.0. The minimum Gasteiger partial charge on any atom is -0.457 e. The van der Waals surface area contributed by atoms with E-state index in [9.17, 15) is 19.4 Å². The minimum atomic E-state index is -4.52. The summed E-state index contributed by atoms with van der Waals surface area (Å²) in [4.78, 5) is 22.7. The highest BCUT2D eigenvalue weighted by Gasteiger charge is 2.26. The number of phosphoric acid groups is 1. The molecule has 0 heterocycles. The van der Waals surface area contributed by atoms with Crippen LogP contribution >= 0.6 is 7.82 Å². The number of aliphatic hydroxyl groups is 2. The minimum absolute atomic E-state index is 0.0541. The Morgan fingerprint density at radius 1 is 0.500 bits per heavy atom. The first kappa shape index (κ1) is 59.2. The number of unbranched alkanes of at least 4 members (excludes halogenated alkanes) is 34. The van der Waals surface area contributed by atoms with Crippen molar-refractivity contribution in [2.45, 2.75) is 270 Å². The fourth-order valence-electron chi connectivity index (χ4n) is 7.53. The number of rotatable bonds is 50. The predicted octanol–water partition coefficient (Wildman–Crippen LogP) is 14.8. The molecular formula is C50H99O9P. The van der Waals surface area contributed by atoms with Gasteiger partial charge in [0.25, 0.3) is 0 Å². The van der Waals surface area contributed by atoms with Crippen LogP contribution in [0, 0.1) is 0 Å². The van der Waals surface area contributed by atoms with E-state index in [4.69, 9.17) is 23.6 Å². The number of aliphatic hydroxyl groups excluding tert-OH is 2. The number of phosphoric ester groups is 1. The molecule has 0 fully saturated rings. The molecule has 3 atom stereocenters. The van der Waals surface area contributed by atoms with Crippen LogP contribution in [0.5, 0.6) is 0 Å². The molecule has 0 bridgehead atoms. The molecule has 0 aliphatic carbocycles. The van der Waals surface area contributed by atoms with Crippen LogP contribution in [0.2, 0.25) is 0 Å². The Labute approximate surface area is 370 Å². The van der Waals surface area contributed by atoms with Gasteiger partial charge in [0.15, 0.2) is 0 Å². The number of carbonyl (C=O) groups excluding carboxylic acids is 1. The molecule has 0 aromatic rings. The van der Waals surface area contributed by atoms with Crippen molar-refractivity contribution in [2.75, 3.05) is 33.0 Å². The van der Waals surface area contributed by atoms with Crippen LogP contribution in [0.1, 0.15) is 258 Å². The topological polar surface area (TPSA) is 132 Å². The summed E-state index contributed by atoms with van der Waals surface area (Å²) in [6.45, 7) is 3.58. The second kappa shape index (κ2) is 47.7. The van der Waals surface area contributed by atoms with Crippen molar-refractivity contribution in [1.29, 1.82) is 0 Å². The van der Waals surface area contributed by atoms with Crippen LogP contribution < -0.4 is 0 Å². The Balaban J connectivity index is 4.03. The Bertz CT molecular complexity index is 949. The van der Waals surface area contributed by atoms with Gasteiger partial charge in [0.05, 0.1) is 26.4 Å². The quantitative estimate of drug-likeness (QED) is 0.0236. The molecule has 0 aliphatic heterocycles. The summed E-state index contributed by atoms with van der Waals surface area (Å²) in [6, 6.07) is 0. The van der Waals surface area contributed by atoms with Gasteiger partial charge in [-0.2, -0.15) is 0 Å². The molecule has 0 aliphatic rings. The molecule has 0 spiro atoms. The number of carbonyl (C=O) groups is 1. The van der Waals surface area contributed by atoms with E-state index in [2.05, 4.69) is 26.0 Å². The van der Waals surface area contributed by atoms with Gasteiger partial charge in [0.2, 0.25) is 0 Å². The smallest absolute Gasteiger partial charge is 0.457 e. The second-order valence-electron chi connectivity index (χ2n) is 17.5. The Morgan fingerprint density at radius 3 is 1.25 bits per heavy atom. The van der Waals surface area contributed by atoms with Gasteiger partial charge in [0.1, 0.15) is 12.2 Å². The third-order valence-electron chi connectivity index (χ3n) is 11.5. The third kappa shape index (κ3) is 46.7. The van der Waals surface area contributed by atoms with Crippen LogP contribution in [0.4, 0.5) is 0 Å². The number of ether oxygens (including phenoxy) is 2. The van der Waals surface area contributed by atoms with Crippen molar-refractivity contribution in [3.05, 3.63) is 12.2 Å². The van der Waals surface area contributed by atoms with Gasteiger partial charge in [-0.3, -0.25) is 13.8 Å². The lowest BCUT2D eigenvalue weighted by Gasteiger charge is -2.20. The zero-order chi connectivity index (χ0) is 43.9. The van der Waals surface area contributed by atoms with Crippen LogP contribution in [0.15, 0.2) is 12.2 Å². The van der Waals surface area contributed by atoms with Gasteiger partial charge in [-0.1, -0.05) is 225 Å². The summed E-state index contributed by atoms with van der Waals surface area (Å²) in [6.07, 6.45) is 50.3. The molecule has 0 saturated heterocycles. The standard InChI is InChI=1S/C50H99O9P/c1-3-5-7-9-11-13-15-17-19-21-23-24-25-27-29-31-33-35-37-39-41-43-56-46-49(47-58-60(54,55)57-45-48(52)44-51)59-50(53)42-40-38-36-34-32-30-28-26-22-20-18-16-14-12-10-8-6-4-2/h20,22,48-49,51-52H,3-19,21,23-47H2,1-2H3,(H,54,55)/b22-20-. The zero-order valence-electron chi connectivity index (χ0n) is 39.5. The first-order valence-electron chi connectivity index (χ1n) is 25.7. The maximum Gasteiger partial charge on any atom is 0.472 e. The molecular weight excluding hydrogens is 776 g/mol. The van der Waals surface area contributed by atoms with Gasteiger partial charge in [-0.25, -0.2) is 4.57 Å². The van der Waals surface area contributed by atoms with Gasteiger partial charge < -0.3 is 24.6 Å². The lowest BCUT2D eigenvalue weighted by molar-refractivity contribution is -0.154. The molecule has 9 nitrogen and oxygen atoms in total. The van der Waals surface area contributed by atoms with Gasteiger partial charge in [0, 0.05) is 13.0 Å². The van der Waals surface area contributed by atoms with E-state index in [0.717, 1.165) is 38.5 Å². The molecule has 0 aromatic heterocycles. The predicted molar refractivity (Wildman–Crippen MR) is 251 cm³/mol. The molecule has 0 saturated carbocycles. The largest absolute Gasteiger partial charge is 0.472 e. The molecule has 358 valence electrons. The normalized spacial score (nSPS) is 13.9. The molecule has 10 heteroatoms. The highest BCUT2D eigenvalue weighted by atomic mass is 31.2. The SMILES string of the molecule is CCCCCCCCC/C=C\CCCCCCCCCC(=O)OC(COCCCCCCCCCCCCCCCCCCCCCCC)COP(=O)(O)OCC(O)CO. The lowest BCUT2D eigenvalue weighted by atomic mass is 10.0. The Hall–Kier alpha value is -0.800. The summed E-state index contributed by atoms with van der Waals surface area (Å²) in [5.74, 6) is -0.381. The average molecular weight is 875 g/mol. The number of allylic oxidation sites excluding steroid dienone is 2. The van der Waals surface area contributed by atoms with Crippen LogP contribution in [0.3, 0.4) is 0 Å². The molecule has 3 N–H and O–H groups in total. The number of esters is 1. The van der Waals surface area contributed by atoms with E-state index in [1.54, 1.807) is 0 Å². The fraction of sp³-hybridized carbons (Fsp3) is 0.940. The molecule has 0 aromatic carbocycles.